The Balaban J connectivity index is 3.48. The van der Waals surface area contributed by atoms with E-state index in [-0.39, 0.29) is 77.0 Å². The van der Waals surface area contributed by atoms with Crippen molar-refractivity contribution in [3.63, 3.8) is 0 Å². The Hall–Kier alpha value is -2.24. The van der Waals surface area contributed by atoms with E-state index in [1.165, 1.54) is 0 Å². The van der Waals surface area contributed by atoms with Crippen LogP contribution in [0, 0.1) is 0 Å². The monoisotopic (exact) mass is 392 g/mol. The number of carbonyl (C=O) groups is 4. The summed E-state index contributed by atoms with van der Waals surface area (Å²) < 4.78 is 4.93. The number of hydrogen-bond donors (Lipinski definition) is 4. The Morgan fingerprint density at radius 1 is 0.704 bits per heavy atom. The van der Waals surface area contributed by atoms with Gasteiger partial charge in [-0.25, -0.2) is 4.79 Å². The van der Waals surface area contributed by atoms with E-state index in [2.05, 4.69) is 15.5 Å². The molecule has 0 saturated heterocycles. The molecule has 0 rings (SSSR count). The highest BCUT2D eigenvalue weighted by Crippen LogP contribution is 1.99. The summed E-state index contributed by atoms with van der Waals surface area (Å²) in [5.74, 6) is -1.88. The minimum absolute atomic E-state index is 0.00405. The number of nitrogens with one attached hydrogen (secondary N) is 2. The topological polar surface area (TPSA) is 160 Å². The van der Waals surface area contributed by atoms with Gasteiger partial charge in [0.25, 0.3) is 0 Å². The van der Waals surface area contributed by atoms with E-state index in [1.54, 1.807) is 0 Å². The van der Waals surface area contributed by atoms with Crippen LogP contribution in [0.5, 0.6) is 0 Å². The van der Waals surface area contributed by atoms with Crippen molar-refractivity contribution in [2.75, 3.05) is 39.5 Å². The fourth-order valence-corrected chi connectivity index (χ4v) is 1.67. The van der Waals surface area contributed by atoms with Gasteiger partial charge in [-0.15, -0.1) is 0 Å². The van der Waals surface area contributed by atoms with Crippen LogP contribution >= 0.6 is 0 Å². The molecular formula is C16H28N2O9. The number of carbonyl (C=O) groups excluding carboxylic acids is 4. The smallest absolute Gasteiger partial charge is 0.342 e. The van der Waals surface area contributed by atoms with Crippen LogP contribution in [0.15, 0.2) is 0 Å². The lowest BCUT2D eigenvalue weighted by molar-refractivity contribution is -0.272. The maximum absolute atomic E-state index is 11.4. The Morgan fingerprint density at radius 2 is 1.22 bits per heavy atom. The maximum Gasteiger partial charge on any atom is 0.342 e. The second-order valence-electron chi connectivity index (χ2n) is 5.35. The molecule has 0 unspecified atom stereocenters. The Kier molecular flexibility index (Phi) is 15.8. The molecule has 27 heavy (non-hydrogen) atoms. The summed E-state index contributed by atoms with van der Waals surface area (Å²) >= 11 is 0. The molecule has 2 amide bonds. The molecule has 0 fully saturated rings. The van der Waals surface area contributed by atoms with Crippen molar-refractivity contribution in [3.05, 3.63) is 0 Å². The maximum atomic E-state index is 11.4. The van der Waals surface area contributed by atoms with Crippen LogP contribution in [0.3, 0.4) is 0 Å². The summed E-state index contributed by atoms with van der Waals surface area (Å²) in [6.07, 6.45) is 0.724. The van der Waals surface area contributed by atoms with Gasteiger partial charge in [0, 0.05) is 25.9 Å². The lowest BCUT2D eigenvalue weighted by atomic mass is 10.3. The highest BCUT2D eigenvalue weighted by Gasteiger charge is 2.09. The number of esters is 1. The molecule has 0 aromatic heterocycles. The zero-order chi connectivity index (χ0) is 20.3. The molecular weight excluding hydrogens is 364 g/mol. The fraction of sp³-hybridized carbons (Fsp3) is 0.750. The molecule has 0 atom stereocenters. The van der Waals surface area contributed by atoms with Crippen molar-refractivity contribution < 1.29 is 43.9 Å². The van der Waals surface area contributed by atoms with Crippen molar-refractivity contribution in [2.45, 2.75) is 38.5 Å². The lowest BCUT2D eigenvalue weighted by Gasteiger charge is -2.06. The molecule has 0 spiro atoms. The molecule has 11 nitrogen and oxygen atoms in total. The average molecular weight is 392 g/mol. The van der Waals surface area contributed by atoms with E-state index in [9.17, 15) is 19.2 Å². The predicted molar refractivity (Wildman–Crippen MR) is 90.9 cm³/mol. The van der Waals surface area contributed by atoms with Crippen molar-refractivity contribution >= 4 is 23.8 Å². The van der Waals surface area contributed by atoms with E-state index in [1.807, 2.05) is 0 Å². The third-order valence-electron chi connectivity index (χ3n) is 3.02. The molecule has 0 aliphatic heterocycles. The Labute approximate surface area is 157 Å². The standard InChI is InChI=1S/C16H28N2O9/c19-9-7-17-13(21)3-5-15(23)25-11-1-2-12-26-27-16(24)6-4-14(22)18-8-10-20/h19-20H,1-12H2,(H,17,21)(H,18,22). The van der Waals surface area contributed by atoms with Gasteiger partial charge in [-0.2, -0.15) is 4.89 Å². The van der Waals surface area contributed by atoms with Gasteiger partial charge in [0.05, 0.1) is 39.3 Å². The summed E-state index contributed by atoms with van der Waals surface area (Å²) in [5, 5.41) is 21.9. The van der Waals surface area contributed by atoms with Gasteiger partial charge in [-0.05, 0) is 12.8 Å². The second-order valence-corrected chi connectivity index (χ2v) is 5.35. The van der Waals surface area contributed by atoms with Gasteiger partial charge >= 0.3 is 11.9 Å². The van der Waals surface area contributed by atoms with Crippen molar-refractivity contribution in [3.8, 4) is 0 Å². The average Bonchev–Trinajstić information content (AvgIpc) is 2.66. The summed E-state index contributed by atoms with van der Waals surface area (Å²) in [6.45, 7) is 0.215. The summed E-state index contributed by atoms with van der Waals surface area (Å²) in [4.78, 5) is 54.3. The first-order valence-corrected chi connectivity index (χ1v) is 8.72. The molecule has 0 bridgehead atoms. The van der Waals surface area contributed by atoms with Crippen LogP contribution < -0.4 is 10.6 Å². The van der Waals surface area contributed by atoms with Crippen molar-refractivity contribution in [1.82, 2.24) is 10.6 Å². The summed E-state index contributed by atoms with van der Waals surface area (Å²) in [6, 6.07) is 0. The van der Waals surface area contributed by atoms with Crippen LogP contribution in [-0.2, 0) is 33.7 Å². The molecule has 0 aliphatic carbocycles. The largest absolute Gasteiger partial charge is 0.466 e. The van der Waals surface area contributed by atoms with Crippen LogP contribution in [0.25, 0.3) is 0 Å². The minimum atomic E-state index is -0.681. The third-order valence-corrected chi connectivity index (χ3v) is 3.02. The SMILES string of the molecule is O=C(CCC(=O)OCCCCOOC(=O)CCC(=O)NCCO)NCCO. The molecule has 0 radical (unpaired) electrons. The highest BCUT2D eigenvalue weighted by molar-refractivity contribution is 5.81. The molecule has 11 heteroatoms. The van der Waals surface area contributed by atoms with Gasteiger partial charge < -0.3 is 25.6 Å². The number of aliphatic hydroxyl groups excluding tert-OH is 2. The number of unbranched alkanes of at least 4 members (excludes halogenated alkanes) is 1. The third kappa shape index (κ3) is 17.0. The van der Waals surface area contributed by atoms with Crippen molar-refractivity contribution in [2.24, 2.45) is 0 Å². The molecule has 156 valence electrons. The Bertz CT molecular complexity index is 417. The van der Waals surface area contributed by atoms with Gasteiger partial charge in [0.15, 0.2) is 0 Å². The number of aliphatic hydroxyl groups is 2. The summed E-state index contributed by atoms with van der Waals surface area (Å²) in [5.41, 5.74) is 0. The quantitative estimate of drug-likeness (QED) is 0.107. The van der Waals surface area contributed by atoms with Gasteiger partial charge in [0.2, 0.25) is 11.8 Å². The normalized spacial score (nSPS) is 10.1. The molecule has 0 aliphatic rings. The van der Waals surface area contributed by atoms with E-state index in [4.69, 9.17) is 19.8 Å². The zero-order valence-electron chi connectivity index (χ0n) is 15.2. The van der Waals surface area contributed by atoms with Gasteiger partial charge in [0.1, 0.15) is 0 Å². The van der Waals surface area contributed by atoms with E-state index in [0.29, 0.717) is 12.8 Å². The highest BCUT2D eigenvalue weighted by atomic mass is 17.2. The summed E-state index contributed by atoms with van der Waals surface area (Å²) in [7, 11) is 0. The lowest BCUT2D eigenvalue weighted by Crippen LogP contribution is -2.26. The predicted octanol–water partition coefficient (Wildman–Crippen LogP) is -1.44. The van der Waals surface area contributed by atoms with E-state index < -0.39 is 11.9 Å². The number of ether oxygens (including phenoxy) is 1. The van der Waals surface area contributed by atoms with Crippen molar-refractivity contribution in [1.29, 1.82) is 0 Å². The second kappa shape index (κ2) is 17.2. The zero-order valence-corrected chi connectivity index (χ0v) is 15.2. The van der Waals surface area contributed by atoms with E-state index >= 15 is 0 Å². The molecule has 0 aromatic carbocycles. The first-order valence-electron chi connectivity index (χ1n) is 8.72. The fourth-order valence-electron chi connectivity index (χ4n) is 1.67. The molecule has 4 N–H and O–H groups in total. The van der Waals surface area contributed by atoms with E-state index in [0.717, 1.165) is 0 Å². The first kappa shape index (κ1) is 24.8. The van der Waals surface area contributed by atoms with Crippen LogP contribution in [0.2, 0.25) is 0 Å². The molecule has 0 heterocycles. The van der Waals surface area contributed by atoms with Gasteiger partial charge in [-0.1, -0.05) is 0 Å². The number of hydrogen-bond acceptors (Lipinski definition) is 9. The number of amides is 2. The Morgan fingerprint density at radius 3 is 1.78 bits per heavy atom. The van der Waals surface area contributed by atoms with Crippen LogP contribution in [0.4, 0.5) is 0 Å². The van der Waals surface area contributed by atoms with Crippen LogP contribution in [0.1, 0.15) is 38.5 Å². The first-order chi connectivity index (χ1) is 13.0. The number of rotatable bonds is 16. The molecule has 0 aromatic rings. The molecule has 0 saturated carbocycles. The minimum Gasteiger partial charge on any atom is -0.466 e. The van der Waals surface area contributed by atoms with Gasteiger partial charge in [-0.3, -0.25) is 19.3 Å². The van der Waals surface area contributed by atoms with Crippen LogP contribution in [-0.4, -0.2) is 73.5 Å².